The van der Waals surface area contributed by atoms with Gasteiger partial charge in [0.1, 0.15) is 0 Å². The van der Waals surface area contributed by atoms with Gasteiger partial charge in [-0.2, -0.15) is 5.10 Å². The van der Waals surface area contributed by atoms with Gasteiger partial charge >= 0.3 is 0 Å². The van der Waals surface area contributed by atoms with Gasteiger partial charge in [0.2, 0.25) is 11.8 Å². The smallest absolute Gasteiger partial charge is 0.264 e. The molecule has 3 amide bonds. The number of likely N-dealkylation sites (tertiary alicyclic amines) is 1. The van der Waals surface area contributed by atoms with E-state index in [1.807, 2.05) is 80.7 Å². The Balaban J connectivity index is 1.17. The molecular weight excluding hydrogens is 672 g/mol. The summed E-state index contributed by atoms with van der Waals surface area (Å²) in [5, 5.41) is 16.4. The van der Waals surface area contributed by atoms with Crippen molar-refractivity contribution in [3.05, 3.63) is 94.5 Å². The second-order valence-electron chi connectivity index (χ2n) is 14.5. The summed E-state index contributed by atoms with van der Waals surface area (Å²) in [6, 6.07) is 22.4. The second kappa shape index (κ2) is 13.4. The van der Waals surface area contributed by atoms with E-state index in [1.165, 1.54) is 5.01 Å². The maximum Gasteiger partial charge on any atom is 0.264 e. The molecule has 0 aromatic heterocycles. The number of benzene rings is 3. The van der Waals surface area contributed by atoms with Crippen LogP contribution in [0.25, 0.3) is 0 Å². The Morgan fingerprint density at radius 2 is 1.80 bits per heavy atom. The topological polar surface area (TPSA) is 123 Å². The lowest BCUT2D eigenvalue weighted by Crippen LogP contribution is -2.46. The molecule has 0 bridgehead atoms. The third kappa shape index (κ3) is 5.98. The number of ether oxygens (including phenoxy) is 1. The lowest BCUT2D eigenvalue weighted by atomic mass is 9.82. The second-order valence-corrected chi connectivity index (χ2v) is 18.9. The van der Waals surface area contributed by atoms with E-state index in [9.17, 15) is 24.3 Å². The minimum absolute atomic E-state index is 0.0125. The number of hydrazone groups is 1. The van der Waals surface area contributed by atoms with E-state index < -0.39 is 31.5 Å². The highest BCUT2D eigenvalue weighted by Gasteiger charge is 2.66. The highest BCUT2D eigenvalue weighted by Crippen LogP contribution is 2.60. The summed E-state index contributed by atoms with van der Waals surface area (Å²) >= 11 is 6.55. The number of hydrogen-bond acceptors (Lipinski definition) is 7. The largest absolute Gasteiger partial charge is 0.432 e. The molecule has 10 nitrogen and oxygen atoms in total. The Bertz CT molecular complexity index is 1830. The molecule has 3 aromatic carbocycles. The number of amides is 3. The lowest BCUT2D eigenvalue weighted by Gasteiger charge is -2.32. The first kappa shape index (κ1) is 34.6. The first-order chi connectivity index (χ1) is 23.9. The van der Waals surface area contributed by atoms with Crippen molar-refractivity contribution in [3.8, 4) is 0 Å². The molecule has 5 atom stereocenters. The number of rotatable bonds is 8. The Kier molecular flexibility index (Phi) is 9.23. The number of anilines is 2. The molecule has 7 rings (SSSR count). The van der Waals surface area contributed by atoms with Crippen LogP contribution < -0.4 is 9.91 Å². The molecule has 0 saturated carbocycles. The molecule has 4 aliphatic rings. The maximum absolute atomic E-state index is 14.8. The van der Waals surface area contributed by atoms with E-state index in [0.717, 1.165) is 29.7 Å². The average molecular weight is 715 g/mol. The van der Waals surface area contributed by atoms with E-state index in [4.69, 9.17) is 16.3 Å². The molecule has 2 fully saturated rings. The van der Waals surface area contributed by atoms with Crippen molar-refractivity contribution in [2.45, 2.75) is 82.0 Å². The number of nitrogens with zero attached hydrogens (tertiary/aromatic N) is 4. The van der Waals surface area contributed by atoms with Crippen LogP contribution in [0, 0.1) is 5.92 Å². The highest BCUT2D eigenvalue weighted by atomic mass is 35.5. The fourth-order valence-corrected chi connectivity index (χ4v) is 11.3. The molecule has 0 radical (unpaired) electrons. The van der Waals surface area contributed by atoms with Crippen molar-refractivity contribution in [1.82, 2.24) is 4.90 Å². The summed E-state index contributed by atoms with van der Waals surface area (Å²) < 4.78 is 6.83. The molecule has 4 aliphatic heterocycles. The fourth-order valence-electron chi connectivity index (χ4n) is 8.57. The quantitative estimate of drug-likeness (QED) is 0.294. The van der Waals surface area contributed by atoms with Crippen LogP contribution in [0.3, 0.4) is 0 Å². The summed E-state index contributed by atoms with van der Waals surface area (Å²) in [6.45, 7) is 6.30. The van der Waals surface area contributed by atoms with Gasteiger partial charge in [-0.15, -0.1) is 0 Å². The van der Waals surface area contributed by atoms with Gasteiger partial charge in [0, 0.05) is 41.4 Å². The number of aliphatic hydroxyl groups is 1. The van der Waals surface area contributed by atoms with Crippen LogP contribution in [0.15, 0.2) is 77.9 Å². The van der Waals surface area contributed by atoms with Gasteiger partial charge in [-0.3, -0.25) is 14.4 Å². The standard InChI is InChI=1S/C38H43ClN4O6Si/c1-24-36(50(2,3)48)33(21-35(46)41-19-7-10-29(41)23-44)49-38(24)30-20-27(39)13-17-32(30)42(37(38)47)22-25-11-14-28(15-12-25)43-34(45)18-16-31(40-43)26-8-5-4-6-9-26/h4-6,8-9,11-15,17,20,24,29,33,36,44,48H,7,10,16,18-19,21-23H2,1-3H3/t24-,29+,33+,36-,38+/m1/s1. The van der Waals surface area contributed by atoms with E-state index in [-0.39, 0.29) is 43.3 Å². The normalized spacial score (nSPS) is 26.6. The van der Waals surface area contributed by atoms with Gasteiger partial charge in [-0.25, -0.2) is 5.01 Å². The fraction of sp³-hybridized carbons (Fsp3) is 0.421. The molecule has 1 spiro atoms. The highest BCUT2D eigenvalue weighted by molar-refractivity contribution is 6.71. The number of carbonyl (C=O) groups excluding carboxylic acids is 3. The molecule has 2 N–H and O–H groups in total. The van der Waals surface area contributed by atoms with Crippen molar-refractivity contribution in [1.29, 1.82) is 0 Å². The zero-order valence-electron chi connectivity index (χ0n) is 28.6. The van der Waals surface area contributed by atoms with Gasteiger partial charge in [0.05, 0.1) is 48.8 Å². The molecule has 2 saturated heterocycles. The first-order valence-electron chi connectivity index (χ1n) is 17.4. The molecule has 0 aliphatic carbocycles. The predicted molar refractivity (Wildman–Crippen MR) is 194 cm³/mol. The monoisotopic (exact) mass is 714 g/mol. The SMILES string of the molecule is C[C@@H]1[C@@H]([Si](C)(C)O)[C@H](CC(=O)N2CCC[C@H]2CO)O[C@@]12C(=O)N(Cc1ccc(N3N=C(c4ccccc4)CCC3=O)cc1)c1ccc(Cl)cc12. The van der Waals surface area contributed by atoms with E-state index in [2.05, 4.69) is 5.10 Å². The lowest BCUT2D eigenvalue weighted by molar-refractivity contribution is -0.150. The minimum atomic E-state index is -2.98. The summed E-state index contributed by atoms with van der Waals surface area (Å²) in [6.07, 6.45) is 1.82. The van der Waals surface area contributed by atoms with Gasteiger partial charge in [-0.05, 0) is 67.4 Å². The molecule has 0 unspecified atom stereocenters. The van der Waals surface area contributed by atoms with Crippen molar-refractivity contribution >= 4 is 54.7 Å². The zero-order valence-corrected chi connectivity index (χ0v) is 30.3. The predicted octanol–water partition coefficient (Wildman–Crippen LogP) is 5.59. The van der Waals surface area contributed by atoms with Gasteiger partial charge < -0.3 is 24.4 Å². The van der Waals surface area contributed by atoms with Crippen molar-refractivity contribution < 1.29 is 29.0 Å². The minimum Gasteiger partial charge on any atom is -0.432 e. The van der Waals surface area contributed by atoms with Crippen LogP contribution in [0.1, 0.15) is 55.7 Å². The Morgan fingerprint density at radius 3 is 2.50 bits per heavy atom. The summed E-state index contributed by atoms with van der Waals surface area (Å²) in [5.41, 5.74) is 2.76. The number of halogens is 1. The third-order valence-corrected chi connectivity index (χ3v) is 13.6. The van der Waals surface area contributed by atoms with Crippen molar-refractivity contribution in [2.24, 2.45) is 11.0 Å². The summed E-state index contributed by atoms with van der Waals surface area (Å²) in [7, 11) is -2.98. The molecule has 4 heterocycles. The van der Waals surface area contributed by atoms with Gasteiger partial charge in [0.15, 0.2) is 13.9 Å². The van der Waals surface area contributed by atoms with Crippen LogP contribution in [-0.4, -0.2) is 71.9 Å². The molecule has 262 valence electrons. The molecule has 3 aromatic rings. The third-order valence-electron chi connectivity index (χ3n) is 10.9. The maximum atomic E-state index is 14.8. The molecule has 50 heavy (non-hydrogen) atoms. The van der Waals surface area contributed by atoms with Crippen molar-refractivity contribution in [3.63, 3.8) is 0 Å². The van der Waals surface area contributed by atoms with E-state index in [0.29, 0.717) is 41.3 Å². The first-order valence-corrected chi connectivity index (χ1v) is 20.8. The molecular formula is C38H43ClN4O6Si. The Hall–Kier alpha value is -3.87. The van der Waals surface area contributed by atoms with Crippen LogP contribution in [0.2, 0.25) is 23.7 Å². The van der Waals surface area contributed by atoms with Crippen LogP contribution >= 0.6 is 11.6 Å². The number of aliphatic hydroxyl groups excluding tert-OH is 1. The van der Waals surface area contributed by atoms with Crippen molar-refractivity contribution in [2.75, 3.05) is 23.1 Å². The number of fused-ring (bicyclic) bond motifs is 2. The Labute approximate surface area is 298 Å². The van der Waals surface area contributed by atoms with Crippen LogP contribution in [-0.2, 0) is 31.3 Å². The zero-order chi connectivity index (χ0) is 35.4. The Morgan fingerprint density at radius 1 is 1.06 bits per heavy atom. The van der Waals surface area contributed by atoms with Gasteiger partial charge in [0.25, 0.3) is 5.91 Å². The van der Waals surface area contributed by atoms with Gasteiger partial charge in [-0.1, -0.05) is 61.0 Å². The van der Waals surface area contributed by atoms with Crippen LogP contribution in [0.5, 0.6) is 0 Å². The van der Waals surface area contributed by atoms with E-state index in [1.54, 1.807) is 21.9 Å². The van der Waals surface area contributed by atoms with E-state index >= 15 is 0 Å². The number of hydrogen-bond donors (Lipinski definition) is 2. The summed E-state index contributed by atoms with van der Waals surface area (Å²) in [5.74, 6) is -0.928. The molecule has 12 heteroatoms. The summed E-state index contributed by atoms with van der Waals surface area (Å²) in [4.78, 5) is 56.3. The average Bonchev–Trinajstić information content (AvgIpc) is 3.76. The number of carbonyl (C=O) groups is 3. The van der Waals surface area contributed by atoms with Crippen LogP contribution in [0.4, 0.5) is 11.4 Å².